The first kappa shape index (κ1) is 11.1. The average molecular weight is 272 g/mol. The smallest absolute Gasteiger partial charge is 0.130 e. The van der Waals surface area contributed by atoms with E-state index in [1.54, 1.807) is 6.20 Å². The number of aromatic nitrogens is 2. The number of nitrogens with zero attached hydrogens (tertiary/aromatic N) is 2. The van der Waals surface area contributed by atoms with Gasteiger partial charge in [0.25, 0.3) is 0 Å². The van der Waals surface area contributed by atoms with Gasteiger partial charge in [0.15, 0.2) is 0 Å². The highest BCUT2D eigenvalue weighted by Gasteiger charge is 2.07. The third kappa shape index (κ3) is 1.94. The van der Waals surface area contributed by atoms with Crippen molar-refractivity contribution in [1.29, 1.82) is 5.26 Å². The first-order valence-corrected chi connectivity index (χ1v) is 6.87. The Balaban J connectivity index is 1.93. The molecule has 2 N–H and O–H groups in total. The molecule has 0 atom stereocenters. The van der Waals surface area contributed by atoms with Crippen LogP contribution in [0.5, 0.6) is 0 Å². The number of hydrogen-bond donors (Lipinski definition) is 2. The van der Waals surface area contributed by atoms with Gasteiger partial charge in [-0.25, -0.2) is 0 Å². The van der Waals surface area contributed by atoms with Crippen LogP contribution in [0.2, 0.25) is 0 Å². The number of anilines is 1. The van der Waals surface area contributed by atoms with Gasteiger partial charge >= 0.3 is 0 Å². The fourth-order valence-electron chi connectivity index (χ4n) is 1.69. The van der Waals surface area contributed by atoms with Crippen LogP contribution in [-0.2, 0) is 0 Å². The predicted octanol–water partition coefficient (Wildman–Crippen LogP) is 3.62. The molecule has 0 aliphatic heterocycles. The first-order chi connectivity index (χ1) is 8.88. The highest BCUT2D eigenvalue weighted by Crippen LogP contribution is 2.28. The minimum absolute atomic E-state index is 0.660. The SMILES string of the molecule is N#Cc1c[nH]c2c(NSc3ccsn3)cccc12. The molecular formula is C12H8N4S2. The van der Waals surface area contributed by atoms with E-state index in [1.165, 1.54) is 23.5 Å². The molecule has 1 aromatic carbocycles. The van der Waals surface area contributed by atoms with Crippen LogP contribution in [0.1, 0.15) is 5.56 Å². The molecule has 0 saturated heterocycles. The van der Waals surface area contributed by atoms with E-state index >= 15 is 0 Å². The molecule has 0 radical (unpaired) electrons. The van der Waals surface area contributed by atoms with Crippen molar-refractivity contribution < 1.29 is 0 Å². The maximum Gasteiger partial charge on any atom is 0.130 e. The van der Waals surface area contributed by atoms with Crippen LogP contribution in [-0.4, -0.2) is 9.36 Å². The number of para-hydroxylation sites is 1. The second kappa shape index (κ2) is 4.72. The molecule has 0 amide bonds. The molecule has 2 heterocycles. The summed E-state index contributed by atoms with van der Waals surface area (Å²) in [4.78, 5) is 3.12. The Bertz CT molecular complexity index is 709. The lowest BCUT2D eigenvalue weighted by atomic mass is 10.2. The van der Waals surface area contributed by atoms with Crippen molar-refractivity contribution in [1.82, 2.24) is 9.36 Å². The lowest BCUT2D eigenvalue weighted by Crippen LogP contribution is -1.87. The van der Waals surface area contributed by atoms with Gasteiger partial charge in [0.05, 0.1) is 16.8 Å². The van der Waals surface area contributed by atoms with Crippen molar-refractivity contribution >= 4 is 40.1 Å². The molecule has 0 unspecified atom stereocenters. The van der Waals surface area contributed by atoms with E-state index in [0.29, 0.717) is 5.56 Å². The van der Waals surface area contributed by atoms with E-state index < -0.39 is 0 Å². The van der Waals surface area contributed by atoms with Gasteiger partial charge in [-0.15, -0.1) is 0 Å². The number of benzene rings is 1. The summed E-state index contributed by atoms with van der Waals surface area (Å²) < 4.78 is 7.46. The number of hydrogen-bond acceptors (Lipinski definition) is 5. The molecule has 0 bridgehead atoms. The van der Waals surface area contributed by atoms with Gasteiger partial charge < -0.3 is 9.71 Å². The zero-order chi connectivity index (χ0) is 12.4. The maximum absolute atomic E-state index is 8.99. The molecule has 3 aromatic rings. The molecule has 0 aliphatic carbocycles. The lowest BCUT2D eigenvalue weighted by Gasteiger charge is -2.04. The molecule has 0 aliphatic rings. The number of nitriles is 1. The fourth-order valence-corrected chi connectivity index (χ4v) is 2.99. The Hall–Kier alpha value is -1.97. The van der Waals surface area contributed by atoms with Crippen LogP contribution in [0, 0.1) is 11.3 Å². The van der Waals surface area contributed by atoms with Gasteiger partial charge in [0.2, 0.25) is 0 Å². The summed E-state index contributed by atoms with van der Waals surface area (Å²) in [6, 6.07) is 9.96. The van der Waals surface area contributed by atoms with Crippen LogP contribution in [0.25, 0.3) is 10.9 Å². The van der Waals surface area contributed by atoms with E-state index in [9.17, 15) is 0 Å². The van der Waals surface area contributed by atoms with Crippen molar-refractivity contribution in [3.63, 3.8) is 0 Å². The topological polar surface area (TPSA) is 64.5 Å². The summed E-state index contributed by atoms with van der Waals surface area (Å²) in [5.41, 5.74) is 2.55. The van der Waals surface area contributed by atoms with Gasteiger partial charge in [-0.05, 0) is 23.7 Å². The number of aromatic amines is 1. The van der Waals surface area contributed by atoms with Gasteiger partial charge in [-0.2, -0.15) is 9.64 Å². The second-order valence-electron chi connectivity index (χ2n) is 3.58. The van der Waals surface area contributed by atoms with Crippen LogP contribution in [0.4, 0.5) is 5.69 Å². The van der Waals surface area contributed by atoms with Gasteiger partial charge in [0, 0.05) is 28.9 Å². The molecule has 2 aromatic heterocycles. The summed E-state index contributed by atoms with van der Waals surface area (Å²) in [7, 11) is 0. The summed E-state index contributed by atoms with van der Waals surface area (Å²) in [5.74, 6) is 0. The van der Waals surface area contributed by atoms with Crippen molar-refractivity contribution in [2.75, 3.05) is 4.72 Å². The fraction of sp³-hybridized carbons (Fsp3) is 0. The Labute approximate surface area is 112 Å². The summed E-state index contributed by atoms with van der Waals surface area (Å²) in [6.07, 6.45) is 1.73. The number of nitrogens with one attached hydrogen (secondary N) is 2. The molecule has 0 fully saturated rings. The third-order valence-electron chi connectivity index (χ3n) is 2.52. The Kier molecular flexibility index (Phi) is 2.92. The van der Waals surface area contributed by atoms with Crippen LogP contribution in [0.15, 0.2) is 40.9 Å². The first-order valence-electron chi connectivity index (χ1n) is 5.22. The van der Waals surface area contributed by atoms with E-state index in [-0.39, 0.29) is 0 Å². The molecule has 4 nitrogen and oxygen atoms in total. The van der Waals surface area contributed by atoms with Crippen molar-refractivity contribution in [2.45, 2.75) is 5.03 Å². The zero-order valence-electron chi connectivity index (χ0n) is 9.18. The van der Waals surface area contributed by atoms with Gasteiger partial charge in [0.1, 0.15) is 11.1 Å². The minimum Gasteiger partial charge on any atom is -0.358 e. The van der Waals surface area contributed by atoms with E-state index in [4.69, 9.17) is 5.26 Å². The molecule has 88 valence electrons. The lowest BCUT2D eigenvalue weighted by molar-refractivity contribution is 1.29. The highest BCUT2D eigenvalue weighted by atomic mass is 32.2. The maximum atomic E-state index is 8.99. The highest BCUT2D eigenvalue weighted by molar-refractivity contribution is 8.00. The summed E-state index contributed by atoms with van der Waals surface area (Å²) in [5, 5.41) is 12.8. The molecule has 0 spiro atoms. The van der Waals surface area contributed by atoms with Crippen LogP contribution >= 0.6 is 23.5 Å². The Morgan fingerprint density at radius 3 is 3.11 bits per heavy atom. The second-order valence-corrected chi connectivity index (χ2v) is 5.08. The van der Waals surface area contributed by atoms with Crippen molar-refractivity contribution in [3.05, 3.63) is 41.4 Å². The number of H-pyrrole nitrogens is 1. The normalized spacial score (nSPS) is 10.4. The average Bonchev–Trinajstić information content (AvgIpc) is 3.05. The minimum atomic E-state index is 0.660. The number of fused-ring (bicyclic) bond motifs is 1. The Morgan fingerprint density at radius 2 is 2.33 bits per heavy atom. The molecule has 3 rings (SSSR count). The molecular weight excluding hydrogens is 264 g/mol. The largest absolute Gasteiger partial charge is 0.358 e. The van der Waals surface area contributed by atoms with Crippen LogP contribution < -0.4 is 4.72 Å². The van der Waals surface area contributed by atoms with Crippen molar-refractivity contribution in [2.24, 2.45) is 0 Å². The summed E-state index contributed by atoms with van der Waals surface area (Å²) >= 11 is 2.88. The Morgan fingerprint density at radius 1 is 1.39 bits per heavy atom. The predicted molar refractivity (Wildman–Crippen MR) is 74.6 cm³/mol. The van der Waals surface area contributed by atoms with Crippen LogP contribution in [0.3, 0.4) is 0 Å². The van der Waals surface area contributed by atoms with Gasteiger partial charge in [-0.3, -0.25) is 0 Å². The third-order valence-corrected chi connectivity index (χ3v) is 3.95. The van der Waals surface area contributed by atoms with Gasteiger partial charge in [-0.1, -0.05) is 12.1 Å². The molecule has 6 heteroatoms. The van der Waals surface area contributed by atoms with Crippen molar-refractivity contribution in [3.8, 4) is 6.07 Å². The molecule has 18 heavy (non-hydrogen) atoms. The van der Waals surface area contributed by atoms with E-state index in [1.807, 2.05) is 29.6 Å². The van der Waals surface area contributed by atoms with E-state index in [2.05, 4.69) is 20.1 Å². The standard InChI is InChI=1S/C12H8N4S2/c13-6-8-7-14-12-9(8)2-1-3-10(12)15-18-11-4-5-17-16-11/h1-5,7,14-15H. The summed E-state index contributed by atoms with van der Waals surface area (Å²) in [6.45, 7) is 0. The monoisotopic (exact) mass is 272 g/mol. The quantitative estimate of drug-likeness (QED) is 0.715. The molecule has 0 saturated carbocycles. The zero-order valence-corrected chi connectivity index (χ0v) is 10.8. The number of rotatable bonds is 3. The van der Waals surface area contributed by atoms with E-state index in [0.717, 1.165) is 21.6 Å².